The van der Waals surface area contributed by atoms with Crippen LogP contribution in [0.25, 0.3) is 0 Å². The second-order valence-electron chi connectivity index (χ2n) is 6.80. The number of fused-ring (bicyclic) bond motifs is 1. The molecule has 1 aromatic heterocycles. The van der Waals surface area contributed by atoms with Crippen LogP contribution in [0, 0.1) is 25.7 Å². The Morgan fingerprint density at radius 2 is 1.92 bits per heavy atom. The molecule has 3 heterocycles. The highest BCUT2D eigenvalue weighted by Crippen LogP contribution is 2.30. The number of piperidine rings is 1. The molecule has 2 aliphatic rings. The molecule has 0 bridgehead atoms. The molecule has 3 rings (SSSR count). The molecule has 4 atom stereocenters. The minimum Gasteiger partial charge on any atom is -0.466 e. The molecule has 9 heteroatoms. The van der Waals surface area contributed by atoms with Crippen LogP contribution < -0.4 is 15.8 Å². The fraction of sp³-hybridized carbons (Fsp3) is 0.588. The minimum atomic E-state index is -0.849. The van der Waals surface area contributed by atoms with Crippen molar-refractivity contribution < 1.29 is 19.1 Å². The molecule has 26 heavy (non-hydrogen) atoms. The van der Waals surface area contributed by atoms with E-state index in [0.29, 0.717) is 6.42 Å². The summed E-state index contributed by atoms with van der Waals surface area (Å²) in [5.41, 5.74) is 4.49. The first kappa shape index (κ1) is 18.4. The third-order valence-corrected chi connectivity index (χ3v) is 4.71. The van der Waals surface area contributed by atoms with Crippen LogP contribution in [0.5, 0.6) is 0 Å². The first-order chi connectivity index (χ1) is 12.3. The maximum absolute atomic E-state index is 12.9. The van der Waals surface area contributed by atoms with E-state index in [4.69, 9.17) is 4.74 Å². The predicted octanol–water partition coefficient (Wildman–Crippen LogP) is 0.0171. The molecule has 0 aromatic carbocycles. The molecular weight excluding hydrogens is 338 g/mol. The molecule has 1 aromatic rings. The number of nitrogens with one attached hydrogen (secondary N) is 2. The largest absolute Gasteiger partial charge is 0.466 e. The maximum Gasteiger partial charge on any atom is 0.302 e. The zero-order valence-corrected chi connectivity index (χ0v) is 15.3. The van der Waals surface area contributed by atoms with Crippen LogP contribution in [0.2, 0.25) is 0 Å². The summed E-state index contributed by atoms with van der Waals surface area (Å²) in [6.45, 7) is 7.01. The molecule has 4 unspecified atom stereocenters. The van der Waals surface area contributed by atoms with E-state index in [2.05, 4.69) is 20.7 Å². The molecule has 9 nitrogen and oxygen atoms in total. The highest BCUT2D eigenvalue weighted by molar-refractivity contribution is 6.11. The number of carbonyl (C=O) groups is 3. The Hall–Kier alpha value is -2.39. The number of carbonyl (C=O) groups excluding carboxylic acids is 3. The summed E-state index contributed by atoms with van der Waals surface area (Å²) >= 11 is 0. The van der Waals surface area contributed by atoms with Gasteiger partial charge in [-0.1, -0.05) is 0 Å². The maximum atomic E-state index is 12.9. The van der Waals surface area contributed by atoms with Crippen molar-refractivity contribution in [2.45, 2.75) is 46.3 Å². The number of aromatic nitrogens is 2. The van der Waals surface area contributed by atoms with E-state index in [1.54, 1.807) is 0 Å². The van der Waals surface area contributed by atoms with Crippen molar-refractivity contribution in [1.29, 1.82) is 0 Å². The third-order valence-electron chi connectivity index (χ3n) is 4.71. The summed E-state index contributed by atoms with van der Waals surface area (Å²) in [6.07, 6.45) is -0.122. The highest BCUT2D eigenvalue weighted by Gasteiger charge is 2.52. The van der Waals surface area contributed by atoms with Crippen molar-refractivity contribution in [2.24, 2.45) is 11.8 Å². The Morgan fingerprint density at radius 3 is 2.54 bits per heavy atom. The van der Waals surface area contributed by atoms with Gasteiger partial charge in [0.2, 0.25) is 5.95 Å². The van der Waals surface area contributed by atoms with Crippen molar-refractivity contribution in [2.75, 3.05) is 11.6 Å². The van der Waals surface area contributed by atoms with Crippen molar-refractivity contribution in [3.8, 4) is 0 Å². The molecule has 140 valence electrons. The van der Waals surface area contributed by atoms with Gasteiger partial charge in [0.25, 0.3) is 5.91 Å². The van der Waals surface area contributed by atoms with Gasteiger partial charge in [0.1, 0.15) is 5.92 Å². The van der Waals surface area contributed by atoms with Crippen LogP contribution >= 0.6 is 0 Å². The third kappa shape index (κ3) is 3.45. The average molecular weight is 361 g/mol. The summed E-state index contributed by atoms with van der Waals surface area (Å²) in [5, 5.41) is 4.52. The summed E-state index contributed by atoms with van der Waals surface area (Å²) < 4.78 is 4.95. The first-order valence-corrected chi connectivity index (χ1v) is 8.63. The van der Waals surface area contributed by atoms with Crippen LogP contribution in [-0.4, -0.2) is 46.4 Å². The summed E-state index contributed by atoms with van der Waals surface area (Å²) in [6, 6.07) is 1.66. The van der Waals surface area contributed by atoms with Gasteiger partial charge in [-0.3, -0.25) is 19.7 Å². The molecule has 0 saturated carbocycles. The molecule has 0 aliphatic carbocycles. The fourth-order valence-electron chi connectivity index (χ4n) is 3.54. The number of esters is 1. The number of hydrogen-bond acceptors (Lipinski definition) is 8. The van der Waals surface area contributed by atoms with E-state index in [-0.39, 0.29) is 36.3 Å². The van der Waals surface area contributed by atoms with E-state index in [0.717, 1.165) is 11.4 Å². The van der Waals surface area contributed by atoms with Crippen molar-refractivity contribution in [1.82, 2.24) is 20.7 Å². The second-order valence-corrected chi connectivity index (χ2v) is 6.80. The molecule has 2 N–H and O–H groups in total. The smallest absolute Gasteiger partial charge is 0.302 e. The summed E-state index contributed by atoms with van der Waals surface area (Å²) in [7, 11) is 0. The molecular formula is C17H23N5O4. The summed E-state index contributed by atoms with van der Waals surface area (Å²) in [5.74, 6) is -1.93. The number of Topliss-reactive ketones (excluding diaryl/α,β-unsaturated/α-hetero) is 1. The van der Waals surface area contributed by atoms with Crippen LogP contribution in [0.3, 0.4) is 0 Å². The van der Waals surface area contributed by atoms with Gasteiger partial charge >= 0.3 is 5.97 Å². The fourth-order valence-corrected chi connectivity index (χ4v) is 3.54. The number of amides is 1. The molecule has 2 aliphatic heterocycles. The topological polar surface area (TPSA) is 114 Å². The minimum absolute atomic E-state index is 0.153. The SMILES string of the molecule is CC(=O)OCCC1C(=O)C2C(=O)N(c3nc(C)cc(C)n3)NC2NC1C. The van der Waals surface area contributed by atoms with E-state index in [1.807, 2.05) is 26.8 Å². The van der Waals surface area contributed by atoms with Gasteiger partial charge in [-0.15, -0.1) is 0 Å². The second kappa shape index (κ2) is 7.08. The van der Waals surface area contributed by atoms with Crippen LogP contribution in [0.1, 0.15) is 31.7 Å². The van der Waals surface area contributed by atoms with Gasteiger partial charge in [0.15, 0.2) is 5.78 Å². The first-order valence-electron chi connectivity index (χ1n) is 8.63. The standard InChI is InChI=1S/C17H23N5O4/c1-8-7-9(2)19-17(18-8)22-16(25)13-14(24)12(5-6-26-11(4)23)10(3)20-15(13)21-22/h7,10,12-13,15,20-21H,5-6H2,1-4H3. The van der Waals surface area contributed by atoms with Gasteiger partial charge in [0.05, 0.1) is 12.8 Å². The Balaban J connectivity index is 1.78. The number of aryl methyl sites for hydroxylation is 2. The van der Waals surface area contributed by atoms with Crippen LogP contribution in [0.4, 0.5) is 5.95 Å². The number of hydrogen-bond donors (Lipinski definition) is 2. The zero-order chi connectivity index (χ0) is 19.0. The molecule has 2 fully saturated rings. The number of anilines is 1. The predicted molar refractivity (Wildman–Crippen MR) is 91.8 cm³/mol. The Kier molecular flexibility index (Phi) is 5.01. The number of nitrogens with zero attached hydrogens (tertiary/aromatic N) is 3. The van der Waals surface area contributed by atoms with Gasteiger partial charge in [-0.25, -0.2) is 20.4 Å². The Bertz CT molecular complexity index is 732. The lowest BCUT2D eigenvalue weighted by Crippen LogP contribution is -2.59. The number of rotatable bonds is 4. The normalized spacial score (nSPS) is 28.2. The monoisotopic (exact) mass is 361 g/mol. The van der Waals surface area contributed by atoms with E-state index < -0.39 is 18.0 Å². The van der Waals surface area contributed by atoms with Crippen LogP contribution in [0.15, 0.2) is 6.07 Å². The highest BCUT2D eigenvalue weighted by atomic mass is 16.5. The molecule has 0 radical (unpaired) electrons. The average Bonchev–Trinajstić information content (AvgIpc) is 2.86. The quantitative estimate of drug-likeness (QED) is 0.570. The van der Waals surface area contributed by atoms with Gasteiger partial charge < -0.3 is 4.74 Å². The van der Waals surface area contributed by atoms with Crippen molar-refractivity contribution in [3.63, 3.8) is 0 Å². The molecule has 0 spiro atoms. The lowest BCUT2D eigenvalue weighted by atomic mass is 9.80. The Morgan fingerprint density at radius 1 is 1.27 bits per heavy atom. The van der Waals surface area contributed by atoms with Gasteiger partial charge in [-0.05, 0) is 33.3 Å². The molecule has 2 saturated heterocycles. The van der Waals surface area contributed by atoms with Crippen molar-refractivity contribution >= 4 is 23.6 Å². The van der Waals surface area contributed by atoms with E-state index >= 15 is 0 Å². The number of ether oxygens (including phenoxy) is 1. The Labute approximate surface area is 151 Å². The van der Waals surface area contributed by atoms with Gasteiger partial charge in [-0.2, -0.15) is 0 Å². The molecule has 1 amide bonds. The number of ketones is 1. The van der Waals surface area contributed by atoms with Gasteiger partial charge in [0, 0.05) is 30.3 Å². The van der Waals surface area contributed by atoms with Crippen LogP contribution in [-0.2, 0) is 19.1 Å². The number of hydrazine groups is 1. The lowest BCUT2D eigenvalue weighted by molar-refractivity contribution is -0.144. The van der Waals surface area contributed by atoms with E-state index in [1.165, 1.54) is 11.9 Å². The zero-order valence-electron chi connectivity index (χ0n) is 15.3. The van der Waals surface area contributed by atoms with Crippen molar-refractivity contribution in [3.05, 3.63) is 17.5 Å². The summed E-state index contributed by atoms with van der Waals surface area (Å²) in [4.78, 5) is 45.3. The lowest BCUT2D eigenvalue weighted by Gasteiger charge is -2.34. The van der Waals surface area contributed by atoms with E-state index in [9.17, 15) is 14.4 Å².